The predicted molar refractivity (Wildman–Crippen MR) is 76.2 cm³/mol. The van der Waals surface area contributed by atoms with Crippen LogP contribution in [0.1, 0.15) is 18.7 Å². The molecule has 0 saturated heterocycles. The summed E-state index contributed by atoms with van der Waals surface area (Å²) in [4.78, 5) is 5.67. The minimum atomic E-state index is 0.675. The number of nitrogens with zero attached hydrogens (tertiary/aromatic N) is 2. The van der Waals surface area contributed by atoms with Gasteiger partial charge in [0.15, 0.2) is 0 Å². The Morgan fingerprint density at radius 1 is 1.32 bits per heavy atom. The second-order valence-electron chi connectivity index (χ2n) is 4.72. The van der Waals surface area contributed by atoms with E-state index in [1.54, 1.807) is 11.8 Å². The third-order valence-electron chi connectivity index (χ3n) is 3.17. The van der Waals surface area contributed by atoms with Crippen molar-refractivity contribution in [2.75, 3.05) is 12.8 Å². The van der Waals surface area contributed by atoms with Gasteiger partial charge >= 0.3 is 0 Å². The Kier molecular flexibility index (Phi) is 3.84. The summed E-state index contributed by atoms with van der Waals surface area (Å²) in [6.07, 6.45) is 5.47. The van der Waals surface area contributed by atoms with E-state index in [0.717, 1.165) is 24.6 Å². The molecule has 19 heavy (non-hydrogen) atoms. The van der Waals surface area contributed by atoms with Crippen molar-refractivity contribution in [2.45, 2.75) is 30.2 Å². The molecule has 0 radical (unpaired) electrons. The lowest BCUT2D eigenvalue weighted by Crippen LogP contribution is -2.19. The molecule has 100 valence electrons. The highest BCUT2D eigenvalue weighted by Crippen LogP contribution is 2.21. The maximum absolute atomic E-state index is 5.27. The van der Waals surface area contributed by atoms with Crippen LogP contribution in [0.3, 0.4) is 0 Å². The first kappa shape index (κ1) is 12.7. The summed E-state index contributed by atoms with van der Waals surface area (Å²) in [7, 11) is 0. The quantitative estimate of drug-likeness (QED) is 0.822. The molecule has 1 heterocycles. The molecular formula is C14H17N3OS. The normalized spacial score (nSPS) is 14.8. The fourth-order valence-corrected chi connectivity index (χ4v) is 2.29. The van der Waals surface area contributed by atoms with Crippen LogP contribution in [-0.2, 0) is 6.42 Å². The van der Waals surface area contributed by atoms with E-state index in [1.807, 2.05) is 12.1 Å². The number of aromatic nitrogens is 2. The topological polar surface area (TPSA) is 51.0 Å². The van der Waals surface area contributed by atoms with Crippen molar-refractivity contribution in [1.29, 1.82) is 0 Å². The number of thioether (sulfide) groups is 1. The van der Waals surface area contributed by atoms with Gasteiger partial charge in [-0.15, -0.1) is 11.8 Å². The molecule has 1 aromatic carbocycles. The number of nitrogens with one attached hydrogen (secondary N) is 1. The van der Waals surface area contributed by atoms with E-state index in [2.05, 4.69) is 33.8 Å². The van der Waals surface area contributed by atoms with Crippen LogP contribution in [0.2, 0.25) is 0 Å². The highest BCUT2D eigenvalue weighted by atomic mass is 32.2. The Labute approximate surface area is 117 Å². The zero-order valence-electron chi connectivity index (χ0n) is 10.9. The molecule has 4 nitrogen and oxygen atoms in total. The SMILES string of the molecule is CSc1ccc(-c2noc(CCNC3CC3)n2)cc1. The van der Waals surface area contributed by atoms with Gasteiger partial charge in [0, 0.05) is 29.5 Å². The standard InChI is InChI=1S/C14H17N3OS/c1-19-12-6-2-10(3-7-12)14-16-13(18-17-14)8-9-15-11-4-5-11/h2-3,6-7,11,15H,4-5,8-9H2,1H3. The second kappa shape index (κ2) is 5.75. The summed E-state index contributed by atoms with van der Waals surface area (Å²) in [6, 6.07) is 8.93. The Morgan fingerprint density at radius 2 is 2.11 bits per heavy atom. The maximum atomic E-state index is 5.27. The number of hydrogen-bond acceptors (Lipinski definition) is 5. The molecule has 0 aliphatic heterocycles. The molecule has 3 rings (SSSR count). The molecular weight excluding hydrogens is 258 g/mol. The summed E-state index contributed by atoms with van der Waals surface area (Å²) >= 11 is 1.73. The van der Waals surface area contributed by atoms with Crippen LogP contribution < -0.4 is 5.32 Å². The third kappa shape index (κ3) is 3.36. The first-order valence-corrected chi connectivity index (χ1v) is 7.78. The lowest BCUT2D eigenvalue weighted by molar-refractivity contribution is 0.376. The molecule has 5 heteroatoms. The van der Waals surface area contributed by atoms with Crippen LogP contribution in [-0.4, -0.2) is 29.0 Å². The smallest absolute Gasteiger partial charge is 0.228 e. The van der Waals surface area contributed by atoms with Crippen LogP contribution in [0.15, 0.2) is 33.7 Å². The molecule has 0 spiro atoms. The van der Waals surface area contributed by atoms with Gasteiger partial charge in [0.25, 0.3) is 0 Å². The van der Waals surface area contributed by atoms with Gasteiger partial charge < -0.3 is 9.84 Å². The molecule has 0 unspecified atom stereocenters. The van der Waals surface area contributed by atoms with Gasteiger partial charge in [-0.25, -0.2) is 0 Å². The largest absolute Gasteiger partial charge is 0.339 e. The van der Waals surface area contributed by atoms with Gasteiger partial charge in [0.1, 0.15) is 0 Å². The Balaban J connectivity index is 1.61. The van der Waals surface area contributed by atoms with Crippen molar-refractivity contribution in [3.63, 3.8) is 0 Å². The molecule has 2 aromatic rings. The van der Waals surface area contributed by atoms with Gasteiger partial charge in [-0.3, -0.25) is 0 Å². The van der Waals surface area contributed by atoms with Gasteiger partial charge in [-0.05, 0) is 43.4 Å². The van der Waals surface area contributed by atoms with E-state index in [0.29, 0.717) is 11.7 Å². The van der Waals surface area contributed by atoms with Gasteiger partial charge in [0.2, 0.25) is 11.7 Å². The zero-order chi connectivity index (χ0) is 13.1. The molecule has 1 aliphatic carbocycles. The van der Waals surface area contributed by atoms with Crippen LogP contribution in [0.25, 0.3) is 11.4 Å². The predicted octanol–water partition coefficient (Wildman–Crippen LogP) is 2.75. The fraction of sp³-hybridized carbons (Fsp3) is 0.429. The minimum Gasteiger partial charge on any atom is -0.339 e. The average Bonchev–Trinajstić information content (AvgIpc) is 3.15. The van der Waals surface area contributed by atoms with Crippen LogP contribution >= 0.6 is 11.8 Å². The maximum Gasteiger partial charge on any atom is 0.228 e. The Bertz CT molecular complexity index is 534. The van der Waals surface area contributed by atoms with Crippen LogP contribution in [0.5, 0.6) is 0 Å². The monoisotopic (exact) mass is 275 g/mol. The van der Waals surface area contributed by atoms with Crippen molar-refractivity contribution < 1.29 is 4.52 Å². The number of benzene rings is 1. The summed E-state index contributed by atoms with van der Waals surface area (Å²) in [5, 5.41) is 7.47. The van der Waals surface area contributed by atoms with Crippen molar-refractivity contribution in [3.8, 4) is 11.4 Å². The van der Waals surface area contributed by atoms with Gasteiger partial charge in [-0.2, -0.15) is 4.98 Å². The van der Waals surface area contributed by atoms with Crippen LogP contribution in [0.4, 0.5) is 0 Å². The molecule has 1 aromatic heterocycles. The summed E-state index contributed by atoms with van der Waals surface area (Å²) in [5.41, 5.74) is 1.00. The summed E-state index contributed by atoms with van der Waals surface area (Å²) in [5.74, 6) is 1.38. The van der Waals surface area contributed by atoms with E-state index in [9.17, 15) is 0 Å². The highest BCUT2D eigenvalue weighted by molar-refractivity contribution is 7.98. The van der Waals surface area contributed by atoms with Gasteiger partial charge in [-0.1, -0.05) is 5.16 Å². The van der Waals surface area contributed by atoms with E-state index >= 15 is 0 Å². The van der Waals surface area contributed by atoms with E-state index < -0.39 is 0 Å². The molecule has 1 aliphatic rings. The fourth-order valence-electron chi connectivity index (χ4n) is 1.88. The lowest BCUT2D eigenvalue weighted by atomic mass is 10.2. The summed E-state index contributed by atoms with van der Waals surface area (Å²) < 4.78 is 5.27. The Hall–Kier alpha value is -1.33. The van der Waals surface area contributed by atoms with E-state index in [1.165, 1.54) is 17.7 Å². The highest BCUT2D eigenvalue weighted by Gasteiger charge is 2.20. The van der Waals surface area contributed by atoms with Gasteiger partial charge in [0.05, 0.1) is 0 Å². The van der Waals surface area contributed by atoms with E-state index in [-0.39, 0.29) is 0 Å². The minimum absolute atomic E-state index is 0.675. The lowest BCUT2D eigenvalue weighted by Gasteiger charge is -1.98. The molecule has 0 atom stereocenters. The molecule has 1 fully saturated rings. The molecule has 1 saturated carbocycles. The molecule has 0 bridgehead atoms. The van der Waals surface area contributed by atoms with E-state index in [4.69, 9.17) is 4.52 Å². The molecule has 0 amide bonds. The second-order valence-corrected chi connectivity index (χ2v) is 5.60. The third-order valence-corrected chi connectivity index (χ3v) is 3.91. The Morgan fingerprint density at radius 3 is 2.79 bits per heavy atom. The van der Waals surface area contributed by atoms with Crippen molar-refractivity contribution in [2.24, 2.45) is 0 Å². The van der Waals surface area contributed by atoms with Crippen molar-refractivity contribution in [1.82, 2.24) is 15.5 Å². The van der Waals surface area contributed by atoms with Crippen molar-refractivity contribution in [3.05, 3.63) is 30.2 Å². The average molecular weight is 275 g/mol. The first-order chi connectivity index (χ1) is 9.35. The number of rotatable bonds is 6. The molecule has 1 N–H and O–H groups in total. The first-order valence-electron chi connectivity index (χ1n) is 6.55. The zero-order valence-corrected chi connectivity index (χ0v) is 11.7. The summed E-state index contributed by atoms with van der Waals surface area (Å²) in [6.45, 7) is 0.914. The number of hydrogen-bond donors (Lipinski definition) is 1. The van der Waals surface area contributed by atoms with Crippen molar-refractivity contribution >= 4 is 11.8 Å². The van der Waals surface area contributed by atoms with Crippen LogP contribution in [0, 0.1) is 0 Å².